The van der Waals surface area contributed by atoms with Crippen LogP contribution in [-0.4, -0.2) is 38.4 Å². The van der Waals surface area contributed by atoms with Crippen LogP contribution >= 0.6 is 11.8 Å². The molecule has 1 atom stereocenters. The fourth-order valence-corrected chi connectivity index (χ4v) is 2.81. The van der Waals surface area contributed by atoms with Gasteiger partial charge in [-0.15, -0.1) is 10.2 Å². The normalized spacial score (nSPS) is 12.4. The molecular weight excluding hydrogens is 302 g/mol. The molecule has 1 aromatic rings. The topological polar surface area (TPSA) is 103 Å². The van der Waals surface area contributed by atoms with Gasteiger partial charge in [0.2, 0.25) is 11.8 Å². The number of amides is 2. The van der Waals surface area contributed by atoms with Crippen LogP contribution in [0.15, 0.2) is 5.16 Å². The van der Waals surface area contributed by atoms with Crippen LogP contribution < -0.4 is 11.1 Å². The van der Waals surface area contributed by atoms with Crippen LogP contribution in [0, 0.1) is 5.92 Å². The molecule has 0 saturated heterocycles. The molecule has 0 fully saturated rings. The summed E-state index contributed by atoms with van der Waals surface area (Å²) >= 11 is 1.38. The Kier molecular flexibility index (Phi) is 7.37. The number of nitrogens with one attached hydrogen (secondary N) is 1. The molecule has 1 aromatic heterocycles. The summed E-state index contributed by atoms with van der Waals surface area (Å²) in [5.74, 6) is 0.759. The molecule has 0 saturated carbocycles. The molecule has 1 heterocycles. The Morgan fingerprint density at radius 1 is 1.32 bits per heavy atom. The number of carbonyl (C=O) groups excluding carboxylic acids is 2. The summed E-state index contributed by atoms with van der Waals surface area (Å²) in [5, 5.41) is 11.6. The second-order valence-corrected chi connectivity index (χ2v) is 6.83. The van der Waals surface area contributed by atoms with Gasteiger partial charge in [-0.3, -0.25) is 9.59 Å². The zero-order valence-electron chi connectivity index (χ0n) is 13.6. The summed E-state index contributed by atoms with van der Waals surface area (Å²) < 4.78 is 1.98. The number of primary amides is 1. The first-order valence-corrected chi connectivity index (χ1v) is 8.37. The second kappa shape index (κ2) is 8.77. The SMILES string of the molecule is CCNC(=O)[C@H](C)Sc1nnc(CCC(N)=O)n1CC(C)C. The van der Waals surface area contributed by atoms with Gasteiger partial charge in [0, 0.05) is 25.9 Å². The van der Waals surface area contributed by atoms with Crippen LogP contribution in [0.5, 0.6) is 0 Å². The average Bonchev–Trinajstić information content (AvgIpc) is 2.78. The fraction of sp³-hybridized carbons (Fsp3) is 0.714. The molecule has 8 heteroatoms. The van der Waals surface area contributed by atoms with Crippen molar-refractivity contribution in [3.8, 4) is 0 Å². The third kappa shape index (κ3) is 5.67. The van der Waals surface area contributed by atoms with Crippen LogP contribution in [0.1, 0.15) is 39.9 Å². The van der Waals surface area contributed by atoms with Crippen LogP contribution in [0.4, 0.5) is 0 Å². The number of hydrogen-bond acceptors (Lipinski definition) is 5. The van der Waals surface area contributed by atoms with E-state index in [1.54, 1.807) is 0 Å². The molecule has 0 unspecified atom stereocenters. The van der Waals surface area contributed by atoms with Gasteiger partial charge < -0.3 is 15.6 Å². The molecule has 0 spiro atoms. The second-order valence-electron chi connectivity index (χ2n) is 5.52. The van der Waals surface area contributed by atoms with Crippen molar-refractivity contribution in [3.63, 3.8) is 0 Å². The van der Waals surface area contributed by atoms with Gasteiger partial charge in [0.05, 0.1) is 5.25 Å². The number of nitrogens with two attached hydrogens (primary N) is 1. The highest BCUT2D eigenvalue weighted by molar-refractivity contribution is 8.00. The molecule has 22 heavy (non-hydrogen) atoms. The first-order valence-electron chi connectivity index (χ1n) is 7.49. The third-order valence-electron chi connectivity index (χ3n) is 2.94. The van der Waals surface area contributed by atoms with Crippen LogP contribution in [-0.2, 0) is 22.6 Å². The lowest BCUT2D eigenvalue weighted by Crippen LogP contribution is -2.30. The van der Waals surface area contributed by atoms with Crippen molar-refractivity contribution < 1.29 is 9.59 Å². The highest BCUT2D eigenvalue weighted by Crippen LogP contribution is 2.24. The van der Waals surface area contributed by atoms with Crippen molar-refractivity contribution in [3.05, 3.63) is 5.82 Å². The van der Waals surface area contributed by atoms with E-state index in [9.17, 15) is 9.59 Å². The van der Waals surface area contributed by atoms with Crippen LogP contribution in [0.3, 0.4) is 0 Å². The predicted molar refractivity (Wildman–Crippen MR) is 86.4 cm³/mol. The van der Waals surface area contributed by atoms with Gasteiger partial charge in [-0.05, 0) is 19.8 Å². The van der Waals surface area contributed by atoms with E-state index in [4.69, 9.17) is 5.73 Å². The molecule has 0 radical (unpaired) electrons. The maximum Gasteiger partial charge on any atom is 0.233 e. The summed E-state index contributed by atoms with van der Waals surface area (Å²) in [6.07, 6.45) is 0.706. The van der Waals surface area contributed by atoms with Gasteiger partial charge in [0.15, 0.2) is 5.16 Å². The minimum atomic E-state index is -0.357. The molecule has 0 aromatic carbocycles. The van der Waals surface area contributed by atoms with Gasteiger partial charge in [-0.25, -0.2) is 0 Å². The van der Waals surface area contributed by atoms with Crippen molar-refractivity contribution in [1.82, 2.24) is 20.1 Å². The number of rotatable bonds is 9. The summed E-state index contributed by atoms with van der Waals surface area (Å²) in [6.45, 7) is 9.27. The molecule has 2 amide bonds. The van der Waals surface area contributed by atoms with Gasteiger partial charge in [0.1, 0.15) is 5.82 Å². The molecule has 0 aliphatic rings. The number of hydrogen-bond donors (Lipinski definition) is 2. The number of aryl methyl sites for hydroxylation is 1. The van der Waals surface area contributed by atoms with E-state index in [2.05, 4.69) is 29.4 Å². The molecule has 1 rings (SSSR count). The predicted octanol–water partition coefficient (Wildman–Crippen LogP) is 0.969. The van der Waals surface area contributed by atoms with E-state index in [0.29, 0.717) is 24.0 Å². The Balaban J connectivity index is 2.88. The van der Waals surface area contributed by atoms with Gasteiger partial charge in [0.25, 0.3) is 0 Å². The Morgan fingerprint density at radius 3 is 2.55 bits per heavy atom. The van der Waals surface area contributed by atoms with Crippen molar-refractivity contribution >= 4 is 23.6 Å². The van der Waals surface area contributed by atoms with Gasteiger partial charge in [-0.2, -0.15) is 0 Å². The molecular formula is C14H25N5O2S. The van der Waals surface area contributed by atoms with E-state index in [-0.39, 0.29) is 23.5 Å². The van der Waals surface area contributed by atoms with Crippen LogP contribution in [0.25, 0.3) is 0 Å². The van der Waals surface area contributed by atoms with Crippen molar-refractivity contribution in [2.75, 3.05) is 6.54 Å². The first kappa shape index (κ1) is 18.5. The summed E-state index contributed by atoms with van der Waals surface area (Å²) in [4.78, 5) is 22.8. The van der Waals surface area contributed by atoms with E-state index in [1.165, 1.54) is 11.8 Å². The summed E-state index contributed by atoms with van der Waals surface area (Å²) in [5.41, 5.74) is 5.20. The molecule has 3 N–H and O–H groups in total. The van der Waals surface area contributed by atoms with Crippen LogP contribution in [0.2, 0.25) is 0 Å². The average molecular weight is 327 g/mol. The number of carbonyl (C=O) groups is 2. The maximum atomic E-state index is 11.9. The summed E-state index contributed by atoms with van der Waals surface area (Å²) in [7, 11) is 0. The molecule has 7 nitrogen and oxygen atoms in total. The Hall–Kier alpha value is -1.57. The Bertz CT molecular complexity index is 515. The zero-order valence-corrected chi connectivity index (χ0v) is 14.4. The largest absolute Gasteiger partial charge is 0.370 e. The van der Waals surface area contributed by atoms with Gasteiger partial charge >= 0.3 is 0 Å². The monoisotopic (exact) mass is 327 g/mol. The van der Waals surface area contributed by atoms with Gasteiger partial charge in [-0.1, -0.05) is 25.6 Å². The highest BCUT2D eigenvalue weighted by Gasteiger charge is 2.20. The Labute approximate surface area is 135 Å². The molecule has 0 bridgehead atoms. The third-order valence-corrected chi connectivity index (χ3v) is 4.02. The number of thioether (sulfide) groups is 1. The standard InChI is InChI=1S/C14H25N5O2S/c1-5-16-13(21)10(4)22-14-18-17-12(7-6-11(15)20)19(14)8-9(2)3/h9-10H,5-8H2,1-4H3,(H2,15,20)(H,16,21)/t10-/m0/s1. The highest BCUT2D eigenvalue weighted by atomic mass is 32.2. The van der Waals surface area contributed by atoms with Crippen molar-refractivity contribution in [2.24, 2.45) is 11.7 Å². The van der Waals surface area contributed by atoms with E-state index in [0.717, 1.165) is 12.4 Å². The summed E-state index contributed by atoms with van der Waals surface area (Å²) in [6, 6.07) is 0. The molecule has 0 aliphatic carbocycles. The molecule has 124 valence electrons. The van der Waals surface area contributed by atoms with Crippen molar-refractivity contribution in [1.29, 1.82) is 0 Å². The first-order chi connectivity index (χ1) is 10.3. The van der Waals surface area contributed by atoms with E-state index < -0.39 is 0 Å². The number of aromatic nitrogens is 3. The lowest BCUT2D eigenvalue weighted by atomic mass is 10.2. The Morgan fingerprint density at radius 2 is 2.00 bits per heavy atom. The van der Waals surface area contributed by atoms with E-state index in [1.807, 2.05) is 18.4 Å². The van der Waals surface area contributed by atoms with Crippen molar-refractivity contribution in [2.45, 2.75) is 57.5 Å². The smallest absolute Gasteiger partial charge is 0.233 e. The quantitative estimate of drug-likeness (QED) is 0.658. The lowest BCUT2D eigenvalue weighted by Gasteiger charge is -2.14. The fourth-order valence-electron chi connectivity index (χ4n) is 1.90. The minimum Gasteiger partial charge on any atom is -0.370 e. The number of nitrogens with zero attached hydrogens (tertiary/aromatic N) is 3. The lowest BCUT2D eigenvalue weighted by molar-refractivity contribution is -0.120. The maximum absolute atomic E-state index is 11.9. The minimum absolute atomic E-state index is 0.0229. The van der Waals surface area contributed by atoms with E-state index >= 15 is 0 Å². The zero-order chi connectivity index (χ0) is 16.7. The molecule has 0 aliphatic heterocycles.